The summed E-state index contributed by atoms with van der Waals surface area (Å²) in [5.41, 5.74) is 2.27. The smallest absolute Gasteiger partial charge is 0.152 e. The largest absolute Gasteiger partial charge is 0.350 e. The summed E-state index contributed by atoms with van der Waals surface area (Å²) in [6.45, 7) is 1.56. The third-order valence-electron chi connectivity index (χ3n) is 2.43. The van der Waals surface area contributed by atoms with Gasteiger partial charge in [-0.15, -0.1) is 0 Å². The fraction of sp³-hybridized carbons (Fsp3) is 0.154. The van der Waals surface area contributed by atoms with E-state index in [4.69, 9.17) is 0 Å². The third kappa shape index (κ3) is 1.84. The van der Waals surface area contributed by atoms with Crippen LogP contribution >= 0.6 is 0 Å². The molecule has 0 N–H and O–H groups in total. The van der Waals surface area contributed by atoms with Crippen molar-refractivity contribution in [1.29, 1.82) is 0 Å². The summed E-state index contributed by atoms with van der Waals surface area (Å²) in [5.74, 6) is 0.0722. The molecule has 0 bridgehead atoms. The van der Waals surface area contributed by atoms with E-state index in [-0.39, 0.29) is 5.78 Å². The van der Waals surface area contributed by atoms with E-state index in [1.165, 1.54) is 10.9 Å². The summed E-state index contributed by atoms with van der Waals surface area (Å²) in [7, 11) is 2.01. The molecule has 0 radical (unpaired) electrons. The quantitative estimate of drug-likeness (QED) is 0.682. The first-order valence-corrected chi connectivity index (χ1v) is 4.91. The molecule has 15 heavy (non-hydrogen) atoms. The van der Waals surface area contributed by atoms with E-state index >= 15 is 0 Å². The Morgan fingerprint density at radius 2 is 2.07 bits per heavy atom. The number of hydrogen-bond acceptors (Lipinski definition) is 1. The average molecular weight is 199 g/mol. The topological polar surface area (TPSA) is 22.0 Å². The molecule has 0 spiro atoms. The minimum absolute atomic E-state index is 0.0722. The molecule has 0 amide bonds. The van der Waals surface area contributed by atoms with Crippen LogP contribution in [0.15, 0.2) is 36.5 Å². The summed E-state index contributed by atoms with van der Waals surface area (Å²) in [6, 6.07) is 8.16. The highest BCUT2D eigenvalue weighted by atomic mass is 16.1. The van der Waals surface area contributed by atoms with Crippen LogP contribution < -0.4 is 0 Å². The van der Waals surface area contributed by atoms with Crippen molar-refractivity contribution in [2.75, 3.05) is 0 Å². The van der Waals surface area contributed by atoms with Crippen LogP contribution in [0.25, 0.3) is 17.0 Å². The average Bonchev–Trinajstić information content (AvgIpc) is 2.54. The Labute approximate surface area is 88.8 Å². The number of ketones is 1. The molecule has 0 aliphatic rings. The number of benzene rings is 1. The number of carbonyl (C=O) groups excluding carboxylic acids is 1. The molecule has 2 rings (SSSR count). The Morgan fingerprint density at radius 1 is 1.33 bits per heavy atom. The van der Waals surface area contributed by atoms with Gasteiger partial charge in [0.15, 0.2) is 5.78 Å². The highest BCUT2D eigenvalue weighted by Crippen LogP contribution is 2.21. The number of para-hydroxylation sites is 1. The molecular weight excluding hydrogens is 186 g/mol. The molecule has 0 unspecified atom stereocenters. The minimum atomic E-state index is 0.0722. The van der Waals surface area contributed by atoms with E-state index < -0.39 is 0 Å². The lowest BCUT2D eigenvalue weighted by Crippen LogP contribution is -1.81. The van der Waals surface area contributed by atoms with Gasteiger partial charge in [0.2, 0.25) is 0 Å². The molecule has 0 saturated carbocycles. The van der Waals surface area contributed by atoms with E-state index in [0.29, 0.717) is 0 Å². The number of hydrogen-bond donors (Lipinski definition) is 0. The number of aromatic nitrogens is 1. The second-order valence-electron chi connectivity index (χ2n) is 3.66. The molecule has 0 atom stereocenters. The fourth-order valence-corrected chi connectivity index (χ4v) is 1.71. The zero-order valence-corrected chi connectivity index (χ0v) is 8.90. The van der Waals surface area contributed by atoms with Gasteiger partial charge >= 0.3 is 0 Å². The van der Waals surface area contributed by atoms with Crippen LogP contribution in [-0.2, 0) is 11.8 Å². The van der Waals surface area contributed by atoms with E-state index in [1.54, 1.807) is 13.0 Å². The van der Waals surface area contributed by atoms with Crippen molar-refractivity contribution in [2.24, 2.45) is 7.05 Å². The van der Waals surface area contributed by atoms with Crippen molar-refractivity contribution < 1.29 is 4.79 Å². The summed E-state index contributed by atoms with van der Waals surface area (Å²) >= 11 is 0. The van der Waals surface area contributed by atoms with Gasteiger partial charge in [0.25, 0.3) is 0 Å². The van der Waals surface area contributed by atoms with Gasteiger partial charge in [-0.2, -0.15) is 0 Å². The molecule has 76 valence electrons. The van der Waals surface area contributed by atoms with Crippen LogP contribution in [0.1, 0.15) is 12.5 Å². The van der Waals surface area contributed by atoms with Crippen LogP contribution in [0, 0.1) is 0 Å². The van der Waals surface area contributed by atoms with Crippen LogP contribution in [0.5, 0.6) is 0 Å². The van der Waals surface area contributed by atoms with E-state index in [0.717, 1.165) is 5.56 Å². The number of nitrogens with zero attached hydrogens (tertiary/aromatic N) is 1. The highest BCUT2D eigenvalue weighted by molar-refractivity contribution is 5.96. The first kappa shape index (κ1) is 9.71. The van der Waals surface area contributed by atoms with E-state index in [9.17, 15) is 4.79 Å². The lowest BCUT2D eigenvalue weighted by molar-refractivity contribution is -0.112. The maximum absolute atomic E-state index is 10.9. The molecule has 1 aromatic carbocycles. The van der Waals surface area contributed by atoms with E-state index in [2.05, 4.69) is 16.7 Å². The SMILES string of the molecule is CC(=O)C=Cc1cn(C)c2ccccc12. The molecule has 0 aliphatic heterocycles. The van der Waals surface area contributed by atoms with Crippen molar-refractivity contribution in [3.63, 3.8) is 0 Å². The molecule has 2 heteroatoms. The summed E-state index contributed by atoms with van der Waals surface area (Å²) in [4.78, 5) is 10.9. The second-order valence-corrected chi connectivity index (χ2v) is 3.66. The number of carbonyl (C=O) groups is 1. The van der Waals surface area contributed by atoms with Crippen LogP contribution in [0.3, 0.4) is 0 Å². The number of aryl methyl sites for hydroxylation is 1. The van der Waals surface area contributed by atoms with Gasteiger partial charge in [-0.3, -0.25) is 4.79 Å². The van der Waals surface area contributed by atoms with Gasteiger partial charge in [-0.25, -0.2) is 0 Å². The van der Waals surface area contributed by atoms with Gasteiger partial charge < -0.3 is 4.57 Å². The Morgan fingerprint density at radius 3 is 2.80 bits per heavy atom. The van der Waals surface area contributed by atoms with Crippen LogP contribution in [0.4, 0.5) is 0 Å². The van der Waals surface area contributed by atoms with Crippen molar-refractivity contribution in [3.05, 3.63) is 42.1 Å². The first-order valence-electron chi connectivity index (χ1n) is 4.91. The summed E-state index contributed by atoms with van der Waals surface area (Å²) in [5, 5.41) is 1.18. The maximum atomic E-state index is 10.9. The molecule has 2 aromatic rings. The molecule has 0 saturated heterocycles. The fourth-order valence-electron chi connectivity index (χ4n) is 1.71. The number of allylic oxidation sites excluding steroid dienone is 1. The predicted octanol–water partition coefficient (Wildman–Crippen LogP) is 2.78. The van der Waals surface area contributed by atoms with Gasteiger partial charge in [0, 0.05) is 29.7 Å². The molecule has 1 heterocycles. The van der Waals surface area contributed by atoms with Gasteiger partial charge in [-0.1, -0.05) is 18.2 Å². The van der Waals surface area contributed by atoms with Crippen molar-refractivity contribution >= 4 is 22.8 Å². The van der Waals surface area contributed by atoms with Gasteiger partial charge in [0.05, 0.1) is 0 Å². The monoisotopic (exact) mass is 199 g/mol. The van der Waals surface area contributed by atoms with Crippen LogP contribution in [0.2, 0.25) is 0 Å². The third-order valence-corrected chi connectivity index (χ3v) is 2.43. The standard InChI is InChI=1S/C13H13NO/c1-10(15)7-8-11-9-14(2)13-6-4-3-5-12(11)13/h3-9H,1-2H3. The zero-order valence-electron chi connectivity index (χ0n) is 8.90. The normalized spacial score (nSPS) is 11.3. The molecule has 2 nitrogen and oxygen atoms in total. The van der Waals surface area contributed by atoms with Crippen molar-refractivity contribution in [2.45, 2.75) is 6.92 Å². The number of fused-ring (bicyclic) bond motifs is 1. The summed E-state index contributed by atoms with van der Waals surface area (Å²) in [6.07, 6.45) is 5.50. The lowest BCUT2D eigenvalue weighted by Gasteiger charge is -1.92. The summed E-state index contributed by atoms with van der Waals surface area (Å²) < 4.78 is 2.06. The van der Waals surface area contributed by atoms with Crippen molar-refractivity contribution in [1.82, 2.24) is 4.57 Å². The van der Waals surface area contributed by atoms with Crippen LogP contribution in [-0.4, -0.2) is 10.4 Å². The minimum Gasteiger partial charge on any atom is -0.350 e. The first-order chi connectivity index (χ1) is 7.18. The second kappa shape index (κ2) is 3.73. The van der Waals surface area contributed by atoms with E-state index in [1.807, 2.05) is 31.5 Å². The maximum Gasteiger partial charge on any atom is 0.152 e. The van der Waals surface area contributed by atoms with Gasteiger partial charge in [-0.05, 0) is 25.1 Å². The van der Waals surface area contributed by atoms with Crippen molar-refractivity contribution in [3.8, 4) is 0 Å². The molecule has 0 fully saturated rings. The Bertz CT molecular complexity index is 534. The molecule has 0 aliphatic carbocycles. The van der Waals surface area contributed by atoms with Gasteiger partial charge in [0.1, 0.15) is 0 Å². The Kier molecular flexibility index (Phi) is 2.42. The Hall–Kier alpha value is -1.83. The Balaban J connectivity index is 2.57. The number of rotatable bonds is 2. The predicted molar refractivity (Wildman–Crippen MR) is 62.6 cm³/mol. The lowest BCUT2D eigenvalue weighted by atomic mass is 10.1. The molecule has 1 aromatic heterocycles. The molecular formula is C13H13NO. The highest BCUT2D eigenvalue weighted by Gasteiger charge is 2.02. The zero-order chi connectivity index (χ0) is 10.8.